The van der Waals surface area contributed by atoms with Gasteiger partial charge in [-0.05, 0) is 42.3 Å². The van der Waals surface area contributed by atoms with Crippen LogP contribution in [0.2, 0.25) is 0 Å². The number of benzene rings is 2. The van der Waals surface area contributed by atoms with Gasteiger partial charge in [0.1, 0.15) is 30.4 Å². The van der Waals surface area contributed by atoms with Crippen molar-refractivity contribution in [2.45, 2.75) is 25.6 Å². The smallest absolute Gasteiger partial charge is 0.161 e. The van der Waals surface area contributed by atoms with Crippen molar-refractivity contribution in [3.63, 3.8) is 0 Å². The van der Waals surface area contributed by atoms with Gasteiger partial charge in [-0.15, -0.1) is 0 Å². The summed E-state index contributed by atoms with van der Waals surface area (Å²) in [6.45, 7) is 5.35. The number of rotatable bonds is 10. The van der Waals surface area contributed by atoms with E-state index >= 15 is 0 Å². The molecule has 1 unspecified atom stereocenters. The van der Waals surface area contributed by atoms with Crippen LogP contribution in [0, 0.1) is 12.7 Å². The topological polar surface area (TPSA) is 78.2 Å². The van der Waals surface area contributed by atoms with E-state index in [1.807, 2.05) is 42.2 Å². The summed E-state index contributed by atoms with van der Waals surface area (Å²) in [6.07, 6.45) is 3.79. The summed E-state index contributed by atoms with van der Waals surface area (Å²) in [5.74, 6) is 1.30. The lowest BCUT2D eigenvalue weighted by Crippen LogP contribution is -2.48. The Balaban J connectivity index is 1.35. The molecule has 3 aromatic rings. The van der Waals surface area contributed by atoms with Gasteiger partial charge >= 0.3 is 0 Å². The first-order valence-electron chi connectivity index (χ1n) is 11.6. The van der Waals surface area contributed by atoms with Crippen LogP contribution in [-0.4, -0.2) is 72.0 Å². The summed E-state index contributed by atoms with van der Waals surface area (Å²) in [5, 5.41) is 15.4. The van der Waals surface area contributed by atoms with E-state index in [1.165, 1.54) is 12.1 Å². The van der Waals surface area contributed by atoms with Crippen molar-refractivity contribution in [3.8, 4) is 17.2 Å². The van der Waals surface area contributed by atoms with Crippen LogP contribution in [0.3, 0.4) is 0 Å². The highest BCUT2D eigenvalue weighted by Crippen LogP contribution is 2.29. The SMILES string of the molecule is COc1cc(CN2CCOCC(O)(COc3cccc(F)c3)C2)ccc1OCCn1cc(C)cn1. The molecular formula is C26H32FN3O5. The van der Waals surface area contributed by atoms with Gasteiger partial charge in [-0.2, -0.15) is 5.10 Å². The number of ether oxygens (including phenoxy) is 4. The van der Waals surface area contributed by atoms with Gasteiger partial charge in [0.25, 0.3) is 0 Å². The highest BCUT2D eigenvalue weighted by Gasteiger charge is 2.33. The van der Waals surface area contributed by atoms with Crippen molar-refractivity contribution in [1.82, 2.24) is 14.7 Å². The van der Waals surface area contributed by atoms with Crippen molar-refractivity contribution in [2.75, 3.05) is 46.6 Å². The van der Waals surface area contributed by atoms with E-state index in [0.717, 1.165) is 11.1 Å². The largest absolute Gasteiger partial charge is 0.493 e. The molecule has 1 aromatic heterocycles. The lowest BCUT2D eigenvalue weighted by atomic mass is 10.1. The Bertz CT molecular complexity index is 1110. The third kappa shape index (κ3) is 7.17. The van der Waals surface area contributed by atoms with Crippen LogP contribution in [-0.2, 0) is 17.8 Å². The van der Waals surface area contributed by atoms with Crippen LogP contribution in [0.1, 0.15) is 11.1 Å². The first-order chi connectivity index (χ1) is 16.9. The quantitative estimate of drug-likeness (QED) is 0.473. The first kappa shape index (κ1) is 25.0. The van der Waals surface area contributed by atoms with Crippen molar-refractivity contribution in [3.05, 3.63) is 71.8 Å². The van der Waals surface area contributed by atoms with E-state index in [1.54, 1.807) is 19.2 Å². The molecule has 1 N–H and O–H groups in total. The van der Waals surface area contributed by atoms with Crippen molar-refractivity contribution in [1.29, 1.82) is 0 Å². The third-order valence-electron chi connectivity index (χ3n) is 5.72. The summed E-state index contributed by atoms with van der Waals surface area (Å²) < 4.78 is 38.1. The molecule has 4 rings (SSSR count). The van der Waals surface area contributed by atoms with Crippen LogP contribution in [0.5, 0.6) is 17.2 Å². The highest BCUT2D eigenvalue weighted by molar-refractivity contribution is 5.43. The second kappa shape index (κ2) is 11.5. The molecule has 1 aliphatic heterocycles. The molecule has 0 radical (unpaired) electrons. The molecule has 0 amide bonds. The van der Waals surface area contributed by atoms with Gasteiger partial charge < -0.3 is 24.1 Å². The summed E-state index contributed by atoms with van der Waals surface area (Å²) in [4.78, 5) is 2.11. The highest BCUT2D eigenvalue weighted by atomic mass is 19.1. The molecule has 0 aliphatic carbocycles. The predicted molar refractivity (Wildman–Crippen MR) is 128 cm³/mol. The fourth-order valence-electron chi connectivity index (χ4n) is 4.02. The standard InChI is InChI=1S/C26H32FN3O5/c1-20-14-28-30(15-20)9-11-34-24-7-6-21(12-25(24)32-2)16-29-8-10-33-18-26(31,17-29)19-35-23-5-3-4-22(27)13-23/h3-7,12-15,31H,8-11,16-19H2,1-2H3. The van der Waals surface area contributed by atoms with Crippen molar-refractivity contribution < 1.29 is 28.4 Å². The maximum atomic E-state index is 13.4. The number of halogens is 1. The van der Waals surface area contributed by atoms with Crippen LogP contribution in [0.15, 0.2) is 54.9 Å². The van der Waals surface area contributed by atoms with E-state index in [2.05, 4.69) is 10.00 Å². The van der Waals surface area contributed by atoms with E-state index in [4.69, 9.17) is 18.9 Å². The Labute approximate surface area is 204 Å². The van der Waals surface area contributed by atoms with E-state index in [9.17, 15) is 9.50 Å². The van der Waals surface area contributed by atoms with Crippen LogP contribution in [0.4, 0.5) is 4.39 Å². The summed E-state index contributed by atoms with van der Waals surface area (Å²) in [5.41, 5.74) is 0.909. The molecule has 1 saturated heterocycles. The van der Waals surface area contributed by atoms with E-state index in [0.29, 0.717) is 56.6 Å². The average molecular weight is 486 g/mol. The van der Waals surface area contributed by atoms with Crippen LogP contribution in [0.25, 0.3) is 0 Å². The molecule has 35 heavy (non-hydrogen) atoms. The van der Waals surface area contributed by atoms with Gasteiger partial charge in [-0.1, -0.05) is 12.1 Å². The lowest BCUT2D eigenvalue weighted by Gasteiger charge is -2.30. The van der Waals surface area contributed by atoms with Gasteiger partial charge in [0.05, 0.1) is 33.1 Å². The minimum atomic E-state index is -1.22. The summed E-state index contributed by atoms with van der Waals surface area (Å²) in [6, 6.07) is 11.7. The Morgan fingerprint density at radius 1 is 1.17 bits per heavy atom. The number of hydrogen-bond acceptors (Lipinski definition) is 7. The average Bonchev–Trinajstić information content (AvgIpc) is 3.16. The van der Waals surface area contributed by atoms with Crippen LogP contribution >= 0.6 is 0 Å². The maximum absolute atomic E-state index is 13.4. The minimum absolute atomic E-state index is 0.00116. The van der Waals surface area contributed by atoms with Crippen LogP contribution < -0.4 is 14.2 Å². The van der Waals surface area contributed by atoms with E-state index < -0.39 is 5.60 Å². The number of aryl methyl sites for hydroxylation is 1. The molecule has 2 aromatic carbocycles. The summed E-state index contributed by atoms with van der Waals surface area (Å²) >= 11 is 0. The molecule has 0 spiro atoms. The minimum Gasteiger partial charge on any atom is -0.493 e. The van der Waals surface area contributed by atoms with Gasteiger partial charge in [0.2, 0.25) is 0 Å². The third-order valence-corrected chi connectivity index (χ3v) is 5.72. The Hall–Kier alpha value is -3.14. The predicted octanol–water partition coefficient (Wildman–Crippen LogP) is 3.06. The van der Waals surface area contributed by atoms with Gasteiger partial charge in [0, 0.05) is 31.9 Å². The molecular weight excluding hydrogens is 453 g/mol. The number of nitrogens with zero attached hydrogens (tertiary/aromatic N) is 3. The number of aromatic nitrogens is 2. The number of methoxy groups -OCH3 is 1. The van der Waals surface area contributed by atoms with Crippen molar-refractivity contribution in [2.24, 2.45) is 0 Å². The monoisotopic (exact) mass is 485 g/mol. The molecule has 8 nitrogen and oxygen atoms in total. The lowest BCUT2D eigenvalue weighted by molar-refractivity contribution is -0.0647. The maximum Gasteiger partial charge on any atom is 0.161 e. The molecule has 188 valence electrons. The van der Waals surface area contributed by atoms with Gasteiger partial charge in [-0.3, -0.25) is 9.58 Å². The Kier molecular flexibility index (Phi) is 8.22. The Morgan fingerprint density at radius 2 is 2.06 bits per heavy atom. The summed E-state index contributed by atoms with van der Waals surface area (Å²) in [7, 11) is 1.62. The van der Waals surface area contributed by atoms with Gasteiger partial charge in [0.15, 0.2) is 11.5 Å². The van der Waals surface area contributed by atoms with Gasteiger partial charge in [-0.25, -0.2) is 4.39 Å². The molecule has 0 saturated carbocycles. The fraction of sp³-hybridized carbons (Fsp3) is 0.423. The molecule has 1 aliphatic rings. The second-order valence-electron chi connectivity index (χ2n) is 8.85. The zero-order valence-corrected chi connectivity index (χ0v) is 20.2. The second-order valence-corrected chi connectivity index (χ2v) is 8.85. The zero-order chi connectivity index (χ0) is 24.7. The zero-order valence-electron chi connectivity index (χ0n) is 20.2. The fourth-order valence-corrected chi connectivity index (χ4v) is 4.02. The number of aliphatic hydroxyl groups is 1. The molecule has 1 atom stereocenters. The number of β-amino-alcohol motifs (C(OH)–C–C–N with tert-alkyl or cyclic N) is 1. The molecule has 1 fully saturated rings. The normalized spacial score (nSPS) is 18.7. The van der Waals surface area contributed by atoms with Crippen molar-refractivity contribution >= 4 is 0 Å². The van der Waals surface area contributed by atoms with E-state index in [-0.39, 0.29) is 19.0 Å². The first-order valence-corrected chi connectivity index (χ1v) is 11.6. The molecule has 0 bridgehead atoms. The Morgan fingerprint density at radius 3 is 2.83 bits per heavy atom. The molecule has 2 heterocycles. The molecule has 9 heteroatoms. The number of hydrogen-bond donors (Lipinski definition) is 1.